The van der Waals surface area contributed by atoms with E-state index in [0.29, 0.717) is 54.8 Å². The molecule has 3 aromatic rings. The van der Waals surface area contributed by atoms with Crippen molar-refractivity contribution in [1.29, 1.82) is 0 Å². The van der Waals surface area contributed by atoms with Gasteiger partial charge in [-0.2, -0.15) is 0 Å². The maximum Gasteiger partial charge on any atom is 0.254 e. The highest BCUT2D eigenvalue weighted by molar-refractivity contribution is 5.95. The van der Waals surface area contributed by atoms with E-state index in [1.54, 1.807) is 24.5 Å². The van der Waals surface area contributed by atoms with Crippen LogP contribution in [-0.4, -0.2) is 73.5 Å². The van der Waals surface area contributed by atoms with Gasteiger partial charge in [0.25, 0.3) is 5.91 Å². The number of ether oxygens (including phenoxy) is 3. The highest BCUT2D eigenvalue weighted by Gasteiger charge is 2.25. The second kappa shape index (κ2) is 10.0. The summed E-state index contributed by atoms with van der Waals surface area (Å²) in [5.41, 5.74) is 1.34. The first kappa shape index (κ1) is 22.1. The molecule has 3 heterocycles. The van der Waals surface area contributed by atoms with Crippen LogP contribution in [0, 0.1) is 0 Å². The van der Waals surface area contributed by atoms with Gasteiger partial charge in [0, 0.05) is 37.9 Å². The molecule has 2 aromatic heterocycles. The summed E-state index contributed by atoms with van der Waals surface area (Å²) in [5.74, 6) is 2.69. The number of pyridine rings is 1. The van der Waals surface area contributed by atoms with Gasteiger partial charge in [-0.1, -0.05) is 0 Å². The number of methoxy groups -OCH3 is 3. The molecule has 0 bridgehead atoms. The van der Waals surface area contributed by atoms with Crippen LogP contribution in [0.3, 0.4) is 0 Å². The average molecular weight is 450 g/mol. The molecule has 1 aliphatic rings. The average Bonchev–Trinajstić information content (AvgIpc) is 2.88. The molecule has 1 aromatic carbocycles. The third-order valence-corrected chi connectivity index (χ3v) is 5.39. The first-order chi connectivity index (χ1) is 16.1. The summed E-state index contributed by atoms with van der Waals surface area (Å²) in [6.45, 7) is 2.43. The van der Waals surface area contributed by atoms with Gasteiger partial charge in [0.2, 0.25) is 5.75 Å². The van der Waals surface area contributed by atoms with Crippen LogP contribution >= 0.6 is 0 Å². The van der Waals surface area contributed by atoms with Gasteiger partial charge in [-0.3, -0.25) is 9.78 Å². The maximum atomic E-state index is 13.1. The number of nitrogens with zero attached hydrogens (tertiary/aromatic N) is 5. The monoisotopic (exact) mass is 450 g/mol. The third-order valence-electron chi connectivity index (χ3n) is 5.39. The third kappa shape index (κ3) is 4.89. The van der Waals surface area contributed by atoms with Crippen LogP contribution in [0.2, 0.25) is 0 Å². The lowest BCUT2D eigenvalue weighted by atomic mass is 10.1. The summed E-state index contributed by atoms with van der Waals surface area (Å²) >= 11 is 0. The Morgan fingerprint density at radius 3 is 2.21 bits per heavy atom. The Balaban J connectivity index is 1.39. The molecule has 172 valence electrons. The highest BCUT2D eigenvalue weighted by atomic mass is 16.5. The van der Waals surface area contributed by atoms with Crippen molar-refractivity contribution in [3.63, 3.8) is 0 Å². The van der Waals surface area contributed by atoms with Crippen molar-refractivity contribution in [3.05, 3.63) is 54.4 Å². The molecule has 33 heavy (non-hydrogen) atoms. The zero-order valence-electron chi connectivity index (χ0n) is 18.8. The molecule has 1 amide bonds. The molecule has 10 heteroatoms. The lowest BCUT2D eigenvalue weighted by Gasteiger charge is -2.35. The Morgan fingerprint density at radius 2 is 1.67 bits per heavy atom. The van der Waals surface area contributed by atoms with Crippen LogP contribution in [0.1, 0.15) is 10.4 Å². The molecule has 0 spiro atoms. The molecule has 10 nitrogen and oxygen atoms in total. The number of carbonyl (C=O) groups is 1. The number of piperazine rings is 1. The van der Waals surface area contributed by atoms with Crippen LogP contribution in [0.25, 0.3) is 0 Å². The normalized spacial score (nSPS) is 13.4. The van der Waals surface area contributed by atoms with Crippen molar-refractivity contribution in [2.75, 3.05) is 57.7 Å². The largest absolute Gasteiger partial charge is 0.493 e. The molecule has 0 atom stereocenters. The predicted molar refractivity (Wildman–Crippen MR) is 124 cm³/mol. The summed E-state index contributed by atoms with van der Waals surface area (Å²) in [6.07, 6.45) is 3.44. The van der Waals surface area contributed by atoms with Gasteiger partial charge < -0.3 is 29.3 Å². The number of amides is 1. The molecular formula is C23H26N6O4. The van der Waals surface area contributed by atoms with Gasteiger partial charge in [-0.05, 0) is 36.4 Å². The van der Waals surface area contributed by atoms with Crippen molar-refractivity contribution >= 4 is 23.2 Å². The molecule has 0 unspecified atom stereocenters. The summed E-state index contributed by atoms with van der Waals surface area (Å²) < 4.78 is 16.1. The van der Waals surface area contributed by atoms with Crippen molar-refractivity contribution in [1.82, 2.24) is 20.1 Å². The fourth-order valence-corrected chi connectivity index (χ4v) is 3.67. The van der Waals surface area contributed by atoms with E-state index in [9.17, 15) is 4.79 Å². The second-order valence-electron chi connectivity index (χ2n) is 7.34. The smallest absolute Gasteiger partial charge is 0.254 e. The lowest BCUT2D eigenvalue weighted by molar-refractivity contribution is 0.0745. The number of aromatic nitrogens is 3. The van der Waals surface area contributed by atoms with Crippen molar-refractivity contribution in [3.8, 4) is 17.2 Å². The van der Waals surface area contributed by atoms with E-state index < -0.39 is 0 Å². The number of carbonyl (C=O) groups excluding carboxylic acids is 1. The number of hydrogen-bond donors (Lipinski definition) is 1. The molecule has 0 saturated carbocycles. The predicted octanol–water partition coefficient (Wildman–Crippen LogP) is 2.60. The minimum absolute atomic E-state index is 0.0870. The van der Waals surface area contributed by atoms with Crippen molar-refractivity contribution in [2.45, 2.75) is 0 Å². The number of nitrogens with one attached hydrogen (secondary N) is 1. The van der Waals surface area contributed by atoms with E-state index in [2.05, 4.69) is 25.4 Å². The molecular weight excluding hydrogens is 424 g/mol. The molecule has 1 fully saturated rings. The Kier molecular flexibility index (Phi) is 6.72. The topological polar surface area (TPSA) is 102 Å². The summed E-state index contributed by atoms with van der Waals surface area (Å²) in [6, 6.07) is 10.9. The first-order valence-corrected chi connectivity index (χ1v) is 10.5. The number of anilines is 3. The molecule has 1 aliphatic heterocycles. The zero-order valence-corrected chi connectivity index (χ0v) is 18.8. The number of benzene rings is 1. The van der Waals surface area contributed by atoms with E-state index in [1.807, 2.05) is 29.2 Å². The van der Waals surface area contributed by atoms with E-state index in [-0.39, 0.29) is 5.91 Å². The quantitative estimate of drug-likeness (QED) is 0.582. The molecule has 4 rings (SSSR count). The fraction of sp³-hybridized carbons (Fsp3) is 0.304. The summed E-state index contributed by atoms with van der Waals surface area (Å²) in [7, 11) is 4.59. The zero-order chi connectivity index (χ0) is 23.2. The standard InChI is InChI=1S/C23H26N6O4/c1-31-18-13-16(14-19(32-2)22(18)33-3)23(30)29-11-9-28(10-12-29)21-7-6-20(26-27-21)25-17-5-4-8-24-15-17/h4-8,13-15H,9-12H2,1-3H3,(H,25,26). The Morgan fingerprint density at radius 1 is 0.939 bits per heavy atom. The number of hydrogen-bond acceptors (Lipinski definition) is 9. The van der Waals surface area contributed by atoms with Gasteiger partial charge in [0.05, 0.1) is 33.2 Å². The molecule has 0 radical (unpaired) electrons. The van der Waals surface area contributed by atoms with Crippen LogP contribution < -0.4 is 24.4 Å². The van der Waals surface area contributed by atoms with Gasteiger partial charge in [-0.25, -0.2) is 0 Å². The van der Waals surface area contributed by atoms with Gasteiger partial charge in [0.15, 0.2) is 23.1 Å². The Labute approximate surface area is 192 Å². The first-order valence-electron chi connectivity index (χ1n) is 10.5. The molecule has 1 N–H and O–H groups in total. The van der Waals surface area contributed by atoms with E-state index in [1.165, 1.54) is 21.3 Å². The minimum Gasteiger partial charge on any atom is -0.493 e. The van der Waals surface area contributed by atoms with E-state index in [0.717, 1.165) is 11.5 Å². The van der Waals surface area contributed by atoms with Crippen molar-refractivity contribution in [2.24, 2.45) is 0 Å². The van der Waals surface area contributed by atoms with Crippen molar-refractivity contribution < 1.29 is 19.0 Å². The van der Waals surface area contributed by atoms with Crippen LogP contribution in [-0.2, 0) is 0 Å². The van der Waals surface area contributed by atoms with Gasteiger partial charge in [-0.15, -0.1) is 10.2 Å². The second-order valence-corrected chi connectivity index (χ2v) is 7.34. The summed E-state index contributed by atoms with van der Waals surface area (Å²) in [5, 5.41) is 11.8. The molecule has 1 saturated heterocycles. The highest BCUT2D eigenvalue weighted by Crippen LogP contribution is 2.38. The maximum absolute atomic E-state index is 13.1. The summed E-state index contributed by atoms with van der Waals surface area (Å²) in [4.78, 5) is 21.1. The van der Waals surface area contributed by atoms with Crippen LogP contribution in [0.5, 0.6) is 17.2 Å². The Bertz CT molecular complexity index is 1060. The Hall–Kier alpha value is -4.08. The van der Waals surface area contributed by atoms with Crippen LogP contribution in [0.4, 0.5) is 17.3 Å². The van der Waals surface area contributed by atoms with E-state index in [4.69, 9.17) is 14.2 Å². The van der Waals surface area contributed by atoms with Gasteiger partial charge in [0.1, 0.15) is 0 Å². The number of rotatable bonds is 7. The SMILES string of the molecule is COc1cc(C(=O)N2CCN(c3ccc(Nc4cccnc4)nn3)CC2)cc(OC)c1OC. The van der Waals surface area contributed by atoms with Gasteiger partial charge >= 0.3 is 0 Å². The molecule has 0 aliphatic carbocycles. The lowest BCUT2D eigenvalue weighted by Crippen LogP contribution is -2.49. The fourth-order valence-electron chi connectivity index (χ4n) is 3.67. The van der Waals surface area contributed by atoms with E-state index >= 15 is 0 Å². The van der Waals surface area contributed by atoms with Crippen LogP contribution in [0.15, 0.2) is 48.8 Å². The minimum atomic E-state index is -0.0870.